The largest absolute Gasteiger partial charge is 0.245 e. The van der Waals surface area contributed by atoms with Gasteiger partial charge in [0, 0.05) is 11.1 Å². The van der Waals surface area contributed by atoms with Gasteiger partial charge in [-0.25, -0.2) is 37.3 Å². The lowest BCUT2D eigenvalue weighted by atomic mass is 10.1. The lowest BCUT2D eigenvalue weighted by Gasteiger charge is -2.08. The van der Waals surface area contributed by atoms with Gasteiger partial charge in [-0.2, -0.15) is 5.10 Å². The lowest BCUT2D eigenvalue weighted by molar-refractivity contribution is 0.377. The zero-order valence-electron chi connectivity index (χ0n) is 16.2. The fraction of sp³-hybridized carbons (Fsp3) is 0. The van der Waals surface area contributed by atoms with Crippen LogP contribution < -0.4 is 5.43 Å². The molecule has 0 spiro atoms. The van der Waals surface area contributed by atoms with E-state index in [1.165, 1.54) is 0 Å². The average molecular weight is 440 g/mol. The summed E-state index contributed by atoms with van der Waals surface area (Å²) in [4.78, 5) is 8.65. The van der Waals surface area contributed by atoms with Crippen molar-refractivity contribution in [3.05, 3.63) is 101 Å². The fourth-order valence-corrected chi connectivity index (χ4v) is 2.90. The van der Waals surface area contributed by atoms with Crippen LogP contribution in [-0.2, 0) is 0 Å². The number of hydrazone groups is 1. The average Bonchev–Trinajstić information content (AvgIpc) is 2.84. The summed E-state index contributed by atoms with van der Waals surface area (Å²) in [5, 5.41) is 3.58. The number of halogens is 5. The summed E-state index contributed by atoms with van der Waals surface area (Å²) in [7, 11) is 0. The highest BCUT2D eigenvalue weighted by atomic mass is 19.2. The van der Waals surface area contributed by atoms with E-state index in [0.29, 0.717) is 17.6 Å². The van der Waals surface area contributed by atoms with Gasteiger partial charge in [0.05, 0.1) is 23.2 Å². The molecule has 0 amide bonds. The van der Waals surface area contributed by atoms with E-state index in [1.807, 2.05) is 60.7 Å². The summed E-state index contributed by atoms with van der Waals surface area (Å²) in [6, 6.07) is 20.1. The van der Waals surface area contributed by atoms with E-state index in [9.17, 15) is 22.0 Å². The number of nitrogens with zero attached hydrogens (tertiary/aromatic N) is 3. The van der Waals surface area contributed by atoms with Gasteiger partial charge in [-0.3, -0.25) is 0 Å². The van der Waals surface area contributed by atoms with Crippen molar-refractivity contribution in [2.45, 2.75) is 0 Å². The second-order valence-corrected chi connectivity index (χ2v) is 6.55. The summed E-state index contributed by atoms with van der Waals surface area (Å²) in [6.07, 6.45) is 0.483. The van der Waals surface area contributed by atoms with E-state index in [1.54, 1.807) is 6.07 Å². The molecule has 1 heterocycles. The molecule has 0 unspecified atom stereocenters. The van der Waals surface area contributed by atoms with E-state index < -0.39 is 34.6 Å². The summed E-state index contributed by atoms with van der Waals surface area (Å²) >= 11 is 0. The Labute approximate surface area is 179 Å². The first-order chi connectivity index (χ1) is 15.5. The first-order valence-corrected chi connectivity index (χ1v) is 9.26. The van der Waals surface area contributed by atoms with Crippen LogP contribution >= 0.6 is 0 Å². The van der Waals surface area contributed by atoms with Crippen LogP contribution in [0.1, 0.15) is 5.56 Å². The third-order valence-corrected chi connectivity index (χ3v) is 4.47. The van der Waals surface area contributed by atoms with Crippen LogP contribution in [0.4, 0.5) is 27.9 Å². The van der Waals surface area contributed by atoms with E-state index in [2.05, 4.69) is 20.5 Å². The van der Waals surface area contributed by atoms with Gasteiger partial charge in [-0.05, 0) is 6.07 Å². The Morgan fingerprint density at radius 2 is 1.06 bits per heavy atom. The first kappa shape index (κ1) is 21.1. The van der Waals surface area contributed by atoms with Gasteiger partial charge in [-0.15, -0.1) is 0 Å². The van der Waals surface area contributed by atoms with E-state index in [0.717, 1.165) is 11.1 Å². The minimum atomic E-state index is -2.24. The molecule has 0 radical (unpaired) electrons. The molecular formula is C23H13F5N4. The van der Waals surface area contributed by atoms with Gasteiger partial charge in [0.1, 0.15) is 0 Å². The molecule has 0 fully saturated rings. The Morgan fingerprint density at radius 1 is 0.625 bits per heavy atom. The molecule has 4 aromatic rings. The number of nitrogens with one attached hydrogen (secondary N) is 1. The fourth-order valence-electron chi connectivity index (χ4n) is 2.90. The van der Waals surface area contributed by atoms with Crippen molar-refractivity contribution in [2.75, 3.05) is 5.43 Å². The summed E-state index contributed by atoms with van der Waals surface area (Å²) in [5.74, 6) is -10.4. The van der Waals surface area contributed by atoms with Crippen LogP contribution in [0.5, 0.6) is 0 Å². The third kappa shape index (κ3) is 4.18. The molecule has 1 aromatic heterocycles. The van der Waals surface area contributed by atoms with Crippen LogP contribution in [0.15, 0.2) is 71.8 Å². The summed E-state index contributed by atoms with van der Waals surface area (Å²) < 4.78 is 67.6. The highest BCUT2D eigenvalue weighted by molar-refractivity contribution is 5.81. The van der Waals surface area contributed by atoms with Gasteiger partial charge in [0.15, 0.2) is 23.3 Å². The van der Waals surface area contributed by atoms with Crippen molar-refractivity contribution in [3.63, 3.8) is 0 Å². The number of hydrogen-bond donors (Lipinski definition) is 1. The molecule has 0 atom stereocenters. The molecule has 160 valence electrons. The van der Waals surface area contributed by atoms with E-state index in [-0.39, 0.29) is 5.95 Å². The summed E-state index contributed by atoms with van der Waals surface area (Å²) in [6.45, 7) is 0. The van der Waals surface area contributed by atoms with Gasteiger partial charge in [0.2, 0.25) is 11.8 Å². The monoisotopic (exact) mass is 440 g/mol. The minimum absolute atomic E-state index is 0.0367. The maximum absolute atomic E-state index is 13.8. The highest BCUT2D eigenvalue weighted by Crippen LogP contribution is 2.25. The smallest absolute Gasteiger partial charge is 0.244 e. The Bertz CT molecular complexity index is 1210. The predicted octanol–water partition coefficient (Wildman–Crippen LogP) is 5.95. The highest BCUT2D eigenvalue weighted by Gasteiger charge is 2.24. The van der Waals surface area contributed by atoms with Crippen LogP contribution in [0.2, 0.25) is 0 Å². The van der Waals surface area contributed by atoms with Crippen LogP contribution in [-0.4, -0.2) is 16.2 Å². The molecule has 0 aliphatic rings. The number of benzene rings is 3. The molecule has 0 saturated heterocycles. The topological polar surface area (TPSA) is 50.2 Å². The molecule has 4 rings (SSSR count). The number of rotatable bonds is 5. The van der Waals surface area contributed by atoms with Crippen LogP contribution in [0, 0.1) is 29.1 Å². The Kier molecular flexibility index (Phi) is 5.89. The normalized spacial score (nSPS) is 11.2. The Hall–Kier alpha value is -4.14. The van der Waals surface area contributed by atoms with Gasteiger partial charge in [0.25, 0.3) is 0 Å². The van der Waals surface area contributed by atoms with Gasteiger partial charge >= 0.3 is 0 Å². The standard InChI is InChI=1S/C23H13F5N4/c24-18-15(19(25)21(27)22(28)20(18)26)12-29-32-23-30-16(13-7-3-1-4-8-13)11-17(31-23)14-9-5-2-6-10-14/h1-12H,(H,30,31,32)/b29-12+. The zero-order valence-corrected chi connectivity index (χ0v) is 16.2. The Balaban J connectivity index is 1.71. The number of aromatic nitrogens is 2. The number of anilines is 1. The zero-order chi connectivity index (χ0) is 22.7. The maximum Gasteiger partial charge on any atom is 0.244 e. The van der Waals surface area contributed by atoms with Crippen molar-refractivity contribution in [1.29, 1.82) is 0 Å². The molecule has 1 N–H and O–H groups in total. The number of hydrogen-bond acceptors (Lipinski definition) is 4. The minimum Gasteiger partial charge on any atom is -0.245 e. The second-order valence-electron chi connectivity index (χ2n) is 6.55. The second kappa shape index (κ2) is 8.93. The molecule has 0 aliphatic heterocycles. The van der Waals surface area contributed by atoms with Crippen LogP contribution in [0.3, 0.4) is 0 Å². The predicted molar refractivity (Wildman–Crippen MR) is 110 cm³/mol. The SMILES string of the molecule is Fc1c(F)c(F)c(/C=N/Nc2nc(-c3ccccc3)cc(-c3ccccc3)n2)c(F)c1F. The molecule has 0 bridgehead atoms. The van der Waals surface area contributed by atoms with Gasteiger partial charge in [-0.1, -0.05) is 60.7 Å². The van der Waals surface area contributed by atoms with Crippen LogP contribution in [0.25, 0.3) is 22.5 Å². The van der Waals surface area contributed by atoms with Crippen molar-refractivity contribution < 1.29 is 22.0 Å². The Morgan fingerprint density at radius 3 is 1.53 bits per heavy atom. The summed E-state index contributed by atoms with van der Waals surface area (Å²) in [5.41, 5.74) is 3.84. The van der Waals surface area contributed by atoms with E-state index in [4.69, 9.17) is 0 Å². The molecular weight excluding hydrogens is 427 g/mol. The van der Waals surface area contributed by atoms with Crippen molar-refractivity contribution in [2.24, 2.45) is 5.10 Å². The molecule has 9 heteroatoms. The maximum atomic E-state index is 13.8. The molecule has 0 aliphatic carbocycles. The van der Waals surface area contributed by atoms with Crippen molar-refractivity contribution in [3.8, 4) is 22.5 Å². The first-order valence-electron chi connectivity index (χ1n) is 9.26. The quantitative estimate of drug-likeness (QED) is 0.137. The van der Waals surface area contributed by atoms with Gasteiger partial charge < -0.3 is 0 Å². The van der Waals surface area contributed by atoms with E-state index >= 15 is 0 Å². The lowest BCUT2D eigenvalue weighted by Crippen LogP contribution is -2.07. The van der Waals surface area contributed by atoms with Crippen molar-refractivity contribution in [1.82, 2.24) is 9.97 Å². The molecule has 3 aromatic carbocycles. The molecule has 0 saturated carbocycles. The third-order valence-electron chi connectivity index (χ3n) is 4.47. The molecule has 4 nitrogen and oxygen atoms in total. The molecule has 32 heavy (non-hydrogen) atoms. The van der Waals surface area contributed by atoms with Crippen molar-refractivity contribution >= 4 is 12.2 Å².